The van der Waals surface area contributed by atoms with Gasteiger partial charge in [-0.2, -0.15) is 0 Å². The van der Waals surface area contributed by atoms with Crippen LogP contribution >= 0.6 is 24.8 Å². The van der Waals surface area contributed by atoms with E-state index in [2.05, 4.69) is 170 Å². The molecule has 30 rings (SSSR count). The van der Waals surface area contributed by atoms with Crippen molar-refractivity contribution in [1.29, 1.82) is 0 Å². The van der Waals surface area contributed by atoms with Gasteiger partial charge in [0, 0.05) is 0 Å². The lowest BCUT2D eigenvalue weighted by Gasteiger charge is -2.57. The maximum Gasteiger partial charge on any atom is 0.335 e. The standard InChI is InChI=1S/2C59H54O6.2ClH/c2*60-55(61)41-1-11-47(12-2-41)64-49-15-5-43(6-16-49)59(44-7-17-50(18-8-44)65-48-13-3-42(4-14-48)56(62)63)53-27-45(57-29-35-21-36(30-57)23-37(22-35)31-57)9-19-51(53)52-20-10-46(28-54(52)59)58-32-38-24-39(33-58)26-40(25-38)34-58;;/h2*1-20,27-28,35-40H,21-26,29-34H2,(H,60,61)(H,62,63);2*1H. The fraction of sp³-hybridized carbons (Fsp3) is 0.356. The molecule has 16 bridgehead atoms. The zero-order chi connectivity index (χ0) is 87.3. The Morgan fingerprint density at radius 2 is 0.333 bits per heavy atom. The van der Waals surface area contributed by atoms with Gasteiger partial charge in [0.15, 0.2) is 0 Å². The zero-order valence-electron chi connectivity index (χ0n) is 74.2. The fourth-order valence-electron chi connectivity index (χ4n) is 31.7. The van der Waals surface area contributed by atoms with E-state index < -0.39 is 34.7 Å². The molecule has 16 fully saturated rings. The van der Waals surface area contributed by atoms with Crippen molar-refractivity contribution in [3.63, 3.8) is 0 Å². The average molecular weight is 1790 g/mol. The van der Waals surface area contributed by atoms with Gasteiger partial charge >= 0.3 is 23.9 Å². The van der Waals surface area contributed by atoms with Gasteiger partial charge in [-0.15, -0.1) is 24.8 Å². The van der Waals surface area contributed by atoms with E-state index in [4.69, 9.17) is 18.9 Å². The van der Waals surface area contributed by atoms with Gasteiger partial charge in [0.05, 0.1) is 33.1 Å². The number of rotatable bonds is 20. The van der Waals surface area contributed by atoms with Crippen LogP contribution in [0.15, 0.2) is 267 Å². The topological polar surface area (TPSA) is 186 Å². The van der Waals surface area contributed by atoms with E-state index in [1.807, 2.05) is 0 Å². The van der Waals surface area contributed by atoms with E-state index in [1.165, 1.54) is 243 Å². The summed E-state index contributed by atoms with van der Waals surface area (Å²) in [7, 11) is 0. The molecule has 16 saturated carbocycles. The summed E-state index contributed by atoms with van der Waals surface area (Å²) in [6.45, 7) is 0. The molecule has 12 aromatic carbocycles. The van der Waals surface area contributed by atoms with E-state index in [0.717, 1.165) is 71.0 Å². The first-order valence-electron chi connectivity index (χ1n) is 48.3. The number of benzene rings is 12. The molecule has 0 unspecified atom stereocenters. The van der Waals surface area contributed by atoms with E-state index in [-0.39, 0.29) is 68.7 Å². The summed E-state index contributed by atoms with van der Waals surface area (Å²) >= 11 is 0. The molecular formula is C118H110Cl2O12. The Morgan fingerprint density at radius 3 is 0.477 bits per heavy atom. The number of hydrogen-bond acceptors (Lipinski definition) is 8. The van der Waals surface area contributed by atoms with Crippen LogP contribution in [0.1, 0.15) is 262 Å². The lowest BCUT2D eigenvalue weighted by atomic mass is 9.47. The lowest BCUT2D eigenvalue weighted by molar-refractivity contribution is -0.00538. The minimum absolute atomic E-state index is 0. The normalized spacial score (nSPS) is 28.8. The number of fused-ring (bicyclic) bond motifs is 6. The number of halogens is 2. The lowest BCUT2D eigenvalue weighted by Crippen LogP contribution is -2.48. The first kappa shape index (κ1) is 84.6. The summed E-state index contributed by atoms with van der Waals surface area (Å²) in [5.41, 5.74) is 21.9. The molecule has 0 aliphatic heterocycles. The summed E-state index contributed by atoms with van der Waals surface area (Å²) in [4.78, 5) is 46.3. The zero-order valence-corrected chi connectivity index (χ0v) is 75.8. The van der Waals surface area contributed by atoms with Gasteiger partial charge in [-0.25, -0.2) is 19.2 Å². The molecule has 668 valence electrons. The molecule has 0 heterocycles. The third-order valence-electron chi connectivity index (χ3n) is 35.4. The fourth-order valence-corrected chi connectivity index (χ4v) is 31.7. The molecule has 0 aromatic heterocycles. The molecule has 0 amide bonds. The van der Waals surface area contributed by atoms with Crippen LogP contribution in [0.2, 0.25) is 0 Å². The Hall–Kier alpha value is -11.7. The summed E-state index contributed by atoms with van der Waals surface area (Å²) < 4.78 is 25.5. The highest BCUT2D eigenvalue weighted by Crippen LogP contribution is 2.69. The van der Waals surface area contributed by atoms with Crippen LogP contribution < -0.4 is 18.9 Å². The van der Waals surface area contributed by atoms with Crippen molar-refractivity contribution in [3.05, 3.63) is 356 Å². The largest absolute Gasteiger partial charge is 0.478 e. The van der Waals surface area contributed by atoms with Crippen LogP contribution in [0.4, 0.5) is 0 Å². The summed E-state index contributed by atoms with van der Waals surface area (Å²) in [5, 5.41) is 38.0. The first-order valence-corrected chi connectivity index (χ1v) is 48.3. The molecule has 0 atom stereocenters. The third kappa shape index (κ3) is 14.1. The summed E-state index contributed by atoms with van der Waals surface area (Å²) in [5.74, 6) is 11.2. The molecule has 18 aliphatic rings. The van der Waals surface area contributed by atoms with E-state index in [1.54, 1.807) is 97.1 Å². The Balaban J connectivity index is 0.000000147. The SMILES string of the molecule is Cl.Cl.O=C(O)c1ccc(Oc2ccc(C3(c4ccc(Oc5ccc(C(=O)O)cc5)cc4)c4cc(C56CC7CC(CC(C7)C5)C6)ccc4-c4ccc(C56CC7CC(CC(C7)C5)C6)cc43)cc2)cc1.O=C(O)c1ccc(Oc2ccc(C3(c4ccc(Oc5ccc(C(=O)O)cc5)cc4)c4cc(C56CC7CC(CC(C7)C5)C6)ccc4-c4ccc(C56CC7CC(CC(C7)C5)C6)cc43)cc2)cc1. The molecule has 0 saturated heterocycles. The van der Waals surface area contributed by atoms with Crippen molar-refractivity contribution in [2.45, 2.75) is 187 Å². The molecule has 18 aliphatic carbocycles. The molecule has 12 aromatic rings. The maximum absolute atomic E-state index is 11.6. The predicted octanol–water partition coefficient (Wildman–Crippen LogP) is 28.8. The van der Waals surface area contributed by atoms with Crippen LogP contribution in [0, 0.1) is 71.0 Å². The first-order chi connectivity index (χ1) is 63.2. The minimum atomic E-state index is -0.963. The van der Waals surface area contributed by atoms with Crippen LogP contribution in [-0.4, -0.2) is 44.3 Å². The molecule has 0 spiro atoms. The quantitative estimate of drug-likeness (QED) is 0.0567. The number of ether oxygens (including phenoxy) is 4. The third-order valence-corrected chi connectivity index (χ3v) is 35.4. The van der Waals surface area contributed by atoms with Gasteiger partial charge in [-0.3, -0.25) is 0 Å². The minimum Gasteiger partial charge on any atom is -0.478 e. The second-order valence-corrected chi connectivity index (χ2v) is 43.2. The molecular weight excluding hydrogens is 1680 g/mol. The number of carboxylic acids is 4. The summed E-state index contributed by atoms with van der Waals surface area (Å²) in [6, 6.07) is 91.5. The molecule has 14 heteroatoms. The Labute approximate surface area is 783 Å². The smallest absolute Gasteiger partial charge is 0.335 e. The predicted molar refractivity (Wildman–Crippen MR) is 515 cm³/mol. The highest BCUT2D eigenvalue weighted by molar-refractivity contribution is 5.92. The van der Waals surface area contributed by atoms with Crippen molar-refractivity contribution in [1.82, 2.24) is 0 Å². The van der Waals surface area contributed by atoms with Crippen molar-refractivity contribution in [3.8, 4) is 68.2 Å². The maximum atomic E-state index is 11.6. The number of carboxylic acid groups (broad SMARTS) is 4. The van der Waals surface area contributed by atoms with Crippen LogP contribution in [0.3, 0.4) is 0 Å². The van der Waals surface area contributed by atoms with E-state index >= 15 is 0 Å². The Bertz CT molecular complexity index is 5620. The number of aromatic carboxylic acids is 4. The van der Waals surface area contributed by atoms with Crippen molar-refractivity contribution in [2.75, 3.05) is 0 Å². The monoisotopic (exact) mass is 1790 g/mol. The number of carbonyl (C=O) groups is 4. The van der Waals surface area contributed by atoms with Crippen molar-refractivity contribution >= 4 is 48.7 Å². The summed E-state index contributed by atoms with van der Waals surface area (Å²) in [6.07, 6.45) is 32.4. The molecule has 4 N–H and O–H groups in total. The van der Waals surface area contributed by atoms with Crippen LogP contribution in [0.25, 0.3) is 22.3 Å². The molecule has 0 radical (unpaired) electrons. The van der Waals surface area contributed by atoms with Gasteiger partial charge in [-0.1, -0.05) is 121 Å². The van der Waals surface area contributed by atoms with E-state index in [9.17, 15) is 39.6 Å². The molecule has 132 heavy (non-hydrogen) atoms. The average Bonchev–Trinajstić information content (AvgIpc) is 1.52. The number of hydrogen-bond donors (Lipinski definition) is 4. The van der Waals surface area contributed by atoms with Crippen molar-refractivity contribution < 1.29 is 58.6 Å². The Kier molecular flexibility index (Phi) is 20.5. The van der Waals surface area contributed by atoms with Gasteiger partial charge in [-0.05, 0) is 481 Å². The van der Waals surface area contributed by atoms with Crippen LogP contribution in [-0.2, 0) is 32.5 Å². The highest BCUT2D eigenvalue weighted by atomic mass is 35.5. The van der Waals surface area contributed by atoms with Gasteiger partial charge in [0.1, 0.15) is 46.0 Å². The van der Waals surface area contributed by atoms with Gasteiger partial charge in [0.25, 0.3) is 0 Å². The van der Waals surface area contributed by atoms with Crippen molar-refractivity contribution in [2.24, 2.45) is 71.0 Å². The van der Waals surface area contributed by atoms with E-state index in [0.29, 0.717) is 46.0 Å². The Morgan fingerprint density at radius 1 is 0.197 bits per heavy atom. The van der Waals surface area contributed by atoms with Gasteiger partial charge < -0.3 is 39.4 Å². The highest BCUT2D eigenvalue weighted by Gasteiger charge is 2.59. The second-order valence-electron chi connectivity index (χ2n) is 43.2. The second kappa shape index (κ2) is 32.0. The molecule has 12 nitrogen and oxygen atoms in total. The van der Waals surface area contributed by atoms with Crippen LogP contribution in [0.5, 0.6) is 46.0 Å². The van der Waals surface area contributed by atoms with Gasteiger partial charge in [0.2, 0.25) is 0 Å².